The Labute approximate surface area is 163 Å². The van der Waals surface area contributed by atoms with Crippen molar-refractivity contribution in [3.63, 3.8) is 0 Å². The molecular weight excluding hydrogens is 383 g/mol. The normalized spacial score (nSPS) is 11.3. The van der Waals surface area contributed by atoms with Crippen LogP contribution in [-0.2, 0) is 6.42 Å². The number of fused-ring (bicyclic) bond motifs is 1. The first kappa shape index (κ1) is 17.6. The molecule has 136 valence electrons. The quantitative estimate of drug-likeness (QED) is 0.369. The molecule has 0 aliphatic carbocycles. The van der Waals surface area contributed by atoms with Crippen LogP contribution in [0.2, 0.25) is 0 Å². The molecule has 0 atom stereocenters. The van der Waals surface area contributed by atoms with Crippen LogP contribution in [0.1, 0.15) is 15.3 Å². The first-order chi connectivity index (χ1) is 13.2. The van der Waals surface area contributed by atoms with Crippen LogP contribution in [-0.4, -0.2) is 23.3 Å². The van der Waals surface area contributed by atoms with E-state index in [0.29, 0.717) is 17.8 Å². The van der Waals surface area contributed by atoms with E-state index in [0.717, 1.165) is 25.7 Å². The molecular formula is C19H15FN4OS2. The molecule has 0 spiro atoms. The fourth-order valence-corrected chi connectivity index (χ4v) is 4.37. The molecule has 1 aromatic carbocycles. The third-order valence-electron chi connectivity index (χ3n) is 3.93. The summed E-state index contributed by atoms with van der Waals surface area (Å²) in [7, 11) is 1.63. The Balaban J connectivity index is 1.57. The Hall–Kier alpha value is -2.84. The van der Waals surface area contributed by atoms with E-state index in [2.05, 4.69) is 20.5 Å². The van der Waals surface area contributed by atoms with Crippen molar-refractivity contribution in [3.05, 3.63) is 69.2 Å². The van der Waals surface area contributed by atoms with Gasteiger partial charge in [-0.2, -0.15) is 5.10 Å². The van der Waals surface area contributed by atoms with E-state index in [-0.39, 0.29) is 5.82 Å². The van der Waals surface area contributed by atoms with E-state index < -0.39 is 0 Å². The summed E-state index contributed by atoms with van der Waals surface area (Å²) in [6.07, 6.45) is 3.71. The summed E-state index contributed by atoms with van der Waals surface area (Å²) in [6.45, 7) is 0. The van der Waals surface area contributed by atoms with Gasteiger partial charge in [0, 0.05) is 11.3 Å². The van der Waals surface area contributed by atoms with Crippen LogP contribution in [0.15, 0.2) is 53.2 Å². The van der Waals surface area contributed by atoms with E-state index in [1.54, 1.807) is 25.5 Å². The van der Waals surface area contributed by atoms with Gasteiger partial charge in [-0.25, -0.2) is 14.4 Å². The molecule has 27 heavy (non-hydrogen) atoms. The van der Waals surface area contributed by atoms with Crippen molar-refractivity contribution < 1.29 is 9.13 Å². The van der Waals surface area contributed by atoms with Gasteiger partial charge < -0.3 is 4.74 Å². The van der Waals surface area contributed by atoms with Gasteiger partial charge in [-0.15, -0.1) is 22.7 Å². The van der Waals surface area contributed by atoms with Gasteiger partial charge in [0.25, 0.3) is 0 Å². The fraction of sp³-hybridized carbons (Fsp3) is 0.105. The monoisotopic (exact) mass is 398 g/mol. The Morgan fingerprint density at radius 2 is 2.15 bits per heavy atom. The maximum Gasteiger partial charge on any atom is 0.158 e. The summed E-state index contributed by atoms with van der Waals surface area (Å²) in [6, 6.07) is 10.7. The second-order valence-corrected chi connectivity index (χ2v) is 7.71. The SMILES string of the molecule is COc1ccsc1/C=N/Nc1ncnc2sc(Cc3ccccc3F)cc12. The first-order valence-electron chi connectivity index (χ1n) is 8.12. The lowest BCUT2D eigenvalue weighted by Gasteiger charge is -2.00. The van der Waals surface area contributed by atoms with Crippen LogP contribution in [0.4, 0.5) is 10.2 Å². The molecule has 8 heteroatoms. The summed E-state index contributed by atoms with van der Waals surface area (Å²) in [4.78, 5) is 11.4. The van der Waals surface area contributed by atoms with Gasteiger partial charge in [0.15, 0.2) is 5.82 Å². The molecule has 0 bridgehead atoms. The molecule has 0 saturated heterocycles. The van der Waals surface area contributed by atoms with Crippen molar-refractivity contribution in [2.24, 2.45) is 5.10 Å². The van der Waals surface area contributed by atoms with Gasteiger partial charge >= 0.3 is 0 Å². The molecule has 5 nitrogen and oxygen atoms in total. The molecule has 0 amide bonds. The predicted octanol–water partition coefficient (Wildman–Crippen LogP) is 4.94. The zero-order valence-corrected chi connectivity index (χ0v) is 16.0. The van der Waals surface area contributed by atoms with Crippen molar-refractivity contribution >= 4 is 44.9 Å². The number of nitrogens with one attached hydrogen (secondary N) is 1. The highest BCUT2D eigenvalue weighted by Gasteiger charge is 2.10. The van der Waals surface area contributed by atoms with Gasteiger partial charge in [-0.1, -0.05) is 18.2 Å². The standard InChI is InChI=1S/C19H15FN4OS2/c1-25-16-6-7-26-17(16)10-23-24-18-14-9-13(27-19(14)22-11-21-18)8-12-4-2-3-5-15(12)20/h2-7,9-11H,8H2,1H3,(H,21,22,24)/b23-10+. The van der Waals surface area contributed by atoms with E-state index in [1.165, 1.54) is 35.1 Å². The predicted molar refractivity (Wildman–Crippen MR) is 109 cm³/mol. The Kier molecular flexibility index (Phi) is 5.08. The Bertz CT molecular complexity index is 1110. The number of ether oxygens (including phenoxy) is 1. The molecule has 4 aromatic rings. The third kappa shape index (κ3) is 3.81. The molecule has 0 aliphatic heterocycles. The maximum atomic E-state index is 13.9. The number of methoxy groups -OCH3 is 1. The number of rotatable bonds is 6. The van der Waals surface area contributed by atoms with Crippen LogP contribution in [0.5, 0.6) is 5.75 Å². The van der Waals surface area contributed by atoms with Crippen LogP contribution in [0.25, 0.3) is 10.2 Å². The molecule has 0 saturated carbocycles. The molecule has 0 aliphatic rings. The van der Waals surface area contributed by atoms with Gasteiger partial charge in [0.05, 0.1) is 23.6 Å². The second kappa shape index (κ2) is 7.81. The molecule has 3 aromatic heterocycles. The average molecular weight is 398 g/mol. The first-order valence-corrected chi connectivity index (χ1v) is 9.81. The lowest BCUT2D eigenvalue weighted by Crippen LogP contribution is -1.94. The van der Waals surface area contributed by atoms with Crippen LogP contribution < -0.4 is 10.2 Å². The summed E-state index contributed by atoms with van der Waals surface area (Å²) >= 11 is 3.06. The van der Waals surface area contributed by atoms with Crippen LogP contribution in [0, 0.1) is 5.82 Å². The smallest absolute Gasteiger partial charge is 0.158 e. The van der Waals surface area contributed by atoms with Gasteiger partial charge in [-0.3, -0.25) is 5.43 Å². The largest absolute Gasteiger partial charge is 0.495 e. The number of halogens is 1. The van der Waals surface area contributed by atoms with E-state index in [4.69, 9.17) is 4.74 Å². The number of benzene rings is 1. The minimum Gasteiger partial charge on any atom is -0.495 e. The number of hydrazone groups is 1. The fourth-order valence-electron chi connectivity index (χ4n) is 2.64. The van der Waals surface area contributed by atoms with Crippen molar-refractivity contribution in [1.29, 1.82) is 0 Å². The van der Waals surface area contributed by atoms with Crippen LogP contribution in [0.3, 0.4) is 0 Å². The zero-order valence-electron chi connectivity index (χ0n) is 14.3. The Morgan fingerprint density at radius 1 is 1.26 bits per heavy atom. The number of thiophene rings is 2. The van der Waals surface area contributed by atoms with Crippen molar-refractivity contribution in [1.82, 2.24) is 9.97 Å². The zero-order chi connectivity index (χ0) is 18.6. The molecule has 1 N–H and O–H groups in total. The van der Waals surface area contributed by atoms with E-state index >= 15 is 0 Å². The molecule has 0 fully saturated rings. The lowest BCUT2D eigenvalue weighted by atomic mass is 10.1. The highest BCUT2D eigenvalue weighted by atomic mass is 32.1. The second-order valence-electron chi connectivity index (χ2n) is 5.65. The van der Waals surface area contributed by atoms with Gasteiger partial charge in [0.1, 0.15) is 22.7 Å². The number of anilines is 1. The highest BCUT2D eigenvalue weighted by Crippen LogP contribution is 2.30. The van der Waals surface area contributed by atoms with E-state index in [9.17, 15) is 4.39 Å². The number of hydrogen-bond donors (Lipinski definition) is 1. The topological polar surface area (TPSA) is 59.4 Å². The molecule has 0 radical (unpaired) electrons. The molecule has 3 heterocycles. The minimum absolute atomic E-state index is 0.200. The van der Waals surface area contributed by atoms with Crippen molar-refractivity contribution in [3.8, 4) is 5.75 Å². The third-order valence-corrected chi connectivity index (χ3v) is 5.81. The minimum atomic E-state index is -0.200. The number of nitrogens with zero attached hydrogens (tertiary/aromatic N) is 3. The summed E-state index contributed by atoms with van der Waals surface area (Å²) in [5, 5.41) is 7.07. The maximum absolute atomic E-state index is 13.9. The summed E-state index contributed by atoms with van der Waals surface area (Å²) in [5.41, 5.74) is 3.63. The average Bonchev–Trinajstić information content (AvgIpc) is 3.30. The van der Waals surface area contributed by atoms with Gasteiger partial charge in [0.2, 0.25) is 0 Å². The van der Waals surface area contributed by atoms with E-state index in [1.807, 2.05) is 23.6 Å². The molecule has 0 unspecified atom stereocenters. The van der Waals surface area contributed by atoms with Crippen molar-refractivity contribution in [2.45, 2.75) is 6.42 Å². The lowest BCUT2D eigenvalue weighted by molar-refractivity contribution is 0.416. The summed E-state index contributed by atoms with van der Waals surface area (Å²) < 4.78 is 19.2. The van der Waals surface area contributed by atoms with Gasteiger partial charge in [-0.05, 0) is 29.1 Å². The summed E-state index contributed by atoms with van der Waals surface area (Å²) in [5.74, 6) is 1.19. The molecule has 4 rings (SSSR count). The van der Waals surface area contributed by atoms with Crippen LogP contribution >= 0.6 is 22.7 Å². The number of hydrogen-bond acceptors (Lipinski definition) is 7. The Morgan fingerprint density at radius 3 is 3.00 bits per heavy atom. The number of aromatic nitrogens is 2. The van der Waals surface area contributed by atoms with Crippen molar-refractivity contribution in [2.75, 3.05) is 12.5 Å². The highest BCUT2D eigenvalue weighted by molar-refractivity contribution is 7.18.